The molecule has 5 heteroatoms. The maximum atomic E-state index is 13.7. The Bertz CT molecular complexity index is 464. The van der Waals surface area contributed by atoms with Gasteiger partial charge in [0.15, 0.2) is 11.6 Å². The van der Waals surface area contributed by atoms with Crippen molar-refractivity contribution in [3.63, 3.8) is 0 Å². The van der Waals surface area contributed by atoms with E-state index in [9.17, 15) is 9.18 Å². The lowest BCUT2D eigenvalue weighted by molar-refractivity contribution is -0.128. The number of methoxy groups -OCH3 is 1. The van der Waals surface area contributed by atoms with Crippen LogP contribution in [0.2, 0.25) is 0 Å². The summed E-state index contributed by atoms with van der Waals surface area (Å²) in [7, 11) is 1.42. The average Bonchev–Trinajstić information content (AvgIpc) is 2.63. The number of hydrogen-bond donors (Lipinski definition) is 1. The molecular formula is C13H17FN2O2. The number of ether oxygens (including phenoxy) is 1. The fraction of sp³-hybridized carbons (Fsp3) is 0.462. The van der Waals surface area contributed by atoms with E-state index in [4.69, 9.17) is 10.5 Å². The zero-order valence-corrected chi connectivity index (χ0v) is 10.5. The number of hydrogen-bond acceptors (Lipinski definition) is 3. The summed E-state index contributed by atoms with van der Waals surface area (Å²) >= 11 is 0. The molecule has 0 spiro atoms. The highest BCUT2D eigenvalue weighted by atomic mass is 19.1. The van der Waals surface area contributed by atoms with Gasteiger partial charge < -0.3 is 15.4 Å². The van der Waals surface area contributed by atoms with Gasteiger partial charge in [-0.1, -0.05) is 6.07 Å². The first-order valence-electron chi connectivity index (χ1n) is 5.97. The number of carbonyl (C=O) groups excluding carboxylic acids is 1. The Kier molecular flexibility index (Phi) is 3.52. The van der Waals surface area contributed by atoms with Crippen LogP contribution in [0.25, 0.3) is 0 Å². The van der Waals surface area contributed by atoms with E-state index in [1.54, 1.807) is 17.0 Å². The molecule has 1 aliphatic heterocycles. The Balaban J connectivity index is 2.35. The van der Waals surface area contributed by atoms with E-state index in [1.807, 2.05) is 6.92 Å². The van der Waals surface area contributed by atoms with Crippen LogP contribution in [-0.2, 0) is 4.79 Å². The molecule has 4 nitrogen and oxygen atoms in total. The maximum absolute atomic E-state index is 13.7. The summed E-state index contributed by atoms with van der Waals surface area (Å²) in [5.41, 5.74) is 6.69. The molecule has 98 valence electrons. The molecule has 2 atom stereocenters. The number of carbonyl (C=O) groups is 1. The number of nitrogens with zero attached hydrogens (tertiary/aromatic N) is 1. The summed E-state index contributed by atoms with van der Waals surface area (Å²) < 4.78 is 18.6. The van der Waals surface area contributed by atoms with Gasteiger partial charge in [-0.15, -0.1) is 0 Å². The van der Waals surface area contributed by atoms with Crippen LogP contribution in [0.4, 0.5) is 4.39 Å². The van der Waals surface area contributed by atoms with E-state index >= 15 is 0 Å². The molecule has 2 rings (SSSR count). The lowest BCUT2D eigenvalue weighted by atomic mass is 10.0. The van der Waals surface area contributed by atoms with Gasteiger partial charge in [0.1, 0.15) is 0 Å². The number of amides is 1. The van der Waals surface area contributed by atoms with Crippen molar-refractivity contribution in [2.75, 3.05) is 13.7 Å². The lowest BCUT2D eigenvalue weighted by Gasteiger charge is -2.26. The number of rotatable bonds is 3. The van der Waals surface area contributed by atoms with Crippen molar-refractivity contribution in [1.82, 2.24) is 4.90 Å². The predicted octanol–water partition coefficient (Wildman–Crippen LogP) is 1.45. The standard InChI is InChI=1S/C13H17FN2O2/c1-3-16-12(17)7-10(15)13(16)8-4-5-11(18-2)9(14)6-8/h4-6,10,13H,3,7,15H2,1-2H3. The quantitative estimate of drug-likeness (QED) is 0.886. The first-order valence-corrected chi connectivity index (χ1v) is 5.97. The van der Waals surface area contributed by atoms with Crippen LogP contribution >= 0.6 is 0 Å². The van der Waals surface area contributed by atoms with Crippen LogP contribution in [0, 0.1) is 5.82 Å². The number of likely N-dealkylation sites (tertiary alicyclic amines) is 1. The highest BCUT2D eigenvalue weighted by molar-refractivity contribution is 5.80. The van der Waals surface area contributed by atoms with Gasteiger partial charge in [-0.25, -0.2) is 4.39 Å². The minimum atomic E-state index is -0.433. The summed E-state index contributed by atoms with van der Waals surface area (Å²) in [5.74, 6) is -0.219. The molecule has 1 amide bonds. The molecule has 0 aromatic heterocycles. The van der Waals surface area contributed by atoms with E-state index < -0.39 is 5.82 Å². The van der Waals surface area contributed by atoms with Crippen molar-refractivity contribution in [1.29, 1.82) is 0 Å². The van der Waals surface area contributed by atoms with Crippen molar-refractivity contribution in [3.05, 3.63) is 29.6 Å². The Morgan fingerprint density at radius 1 is 1.56 bits per heavy atom. The van der Waals surface area contributed by atoms with Gasteiger partial charge >= 0.3 is 0 Å². The molecule has 1 aromatic carbocycles. The zero-order valence-electron chi connectivity index (χ0n) is 10.5. The van der Waals surface area contributed by atoms with Crippen LogP contribution in [0.1, 0.15) is 24.9 Å². The summed E-state index contributed by atoms with van der Waals surface area (Å²) in [4.78, 5) is 13.4. The molecule has 1 heterocycles. The van der Waals surface area contributed by atoms with E-state index in [2.05, 4.69) is 0 Å². The molecule has 2 N–H and O–H groups in total. The second-order valence-corrected chi connectivity index (χ2v) is 4.39. The second kappa shape index (κ2) is 4.94. The van der Waals surface area contributed by atoms with Crippen molar-refractivity contribution in [2.45, 2.75) is 25.4 Å². The van der Waals surface area contributed by atoms with Crippen molar-refractivity contribution in [3.8, 4) is 5.75 Å². The monoisotopic (exact) mass is 252 g/mol. The van der Waals surface area contributed by atoms with Gasteiger partial charge in [0.05, 0.1) is 13.2 Å². The molecular weight excluding hydrogens is 235 g/mol. The van der Waals surface area contributed by atoms with E-state index in [0.29, 0.717) is 18.5 Å². The predicted molar refractivity (Wildman–Crippen MR) is 65.7 cm³/mol. The number of nitrogens with two attached hydrogens (primary N) is 1. The maximum Gasteiger partial charge on any atom is 0.224 e. The third kappa shape index (κ3) is 2.06. The summed E-state index contributed by atoms with van der Waals surface area (Å²) in [6.45, 7) is 2.47. The Morgan fingerprint density at radius 3 is 2.83 bits per heavy atom. The summed E-state index contributed by atoms with van der Waals surface area (Å²) in [6, 6.07) is 4.18. The molecule has 1 aromatic rings. The van der Waals surface area contributed by atoms with E-state index in [-0.39, 0.29) is 23.7 Å². The third-order valence-corrected chi connectivity index (χ3v) is 3.33. The minimum Gasteiger partial charge on any atom is -0.494 e. The topological polar surface area (TPSA) is 55.6 Å². The first kappa shape index (κ1) is 12.8. The van der Waals surface area contributed by atoms with Crippen LogP contribution in [0.3, 0.4) is 0 Å². The van der Waals surface area contributed by atoms with Crippen LogP contribution in [0.15, 0.2) is 18.2 Å². The minimum absolute atomic E-state index is 0.0197. The van der Waals surface area contributed by atoms with Crippen LogP contribution < -0.4 is 10.5 Å². The lowest BCUT2D eigenvalue weighted by Crippen LogP contribution is -2.32. The van der Waals surface area contributed by atoms with E-state index in [1.165, 1.54) is 13.2 Å². The normalized spacial score (nSPS) is 23.6. The second-order valence-electron chi connectivity index (χ2n) is 4.39. The smallest absolute Gasteiger partial charge is 0.224 e. The van der Waals surface area contributed by atoms with E-state index in [0.717, 1.165) is 0 Å². The van der Waals surface area contributed by atoms with Crippen LogP contribution in [0.5, 0.6) is 5.75 Å². The number of halogens is 1. The van der Waals surface area contributed by atoms with Gasteiger partial charge in [0, 0.05) is 19.0 Å². The fourth-order valence-electron chi connectivity index (χ4n) is 2.48. The molecule has 0 saturated carbocycles. The van der Waals surface area contributed by atoms with Crippen LogP contribution in [-0.4, -0.2) is 30.5 Å². The number of likely N-dealkylation sites (N-methyl/N-ethyl adjacent to an activating group) is 1. The fourth-order valence-corrected chi connectivity index (χ4v) is 2.48. The SMILES string of the molecule is CCN1C(=O)CC(N)C1c1ccc(OC)c(F)c1. The molecule has 0 radical (unpaired) electrons. The summed E-state index contributed by atoms with van der Waals surface area (Å²) in [6.07, 6.45) is 0.312. The van der Waals surface area contributed by atoms with Gasteiger partial charge in [-0.2, -0.15) is 0 Å². The molecule has 1 fully saturated rings. The largest absolute Gasteiger partial charge is 0.494 e. The highest BCUT2D eigenvalue weighted by Crippen LogP contribution is 2.33. The zero-order chi connectivity index (χ0) is 13.3. The average molecular weight is 252 g/mol. The Morgan fingerprint density at radius 2 is 2.28 bits per heavy atom. The molecule has 1 saturated heterocycles. The highest BCUT2D eigenvalue weighted by Gasteiger charge is 2.37. The summed E-state index contributed by atoms with van der Waals surface area (Å²) in [5, 5.41) is 0. The van der Waals surface area contributed by atoms with Crippen molar-refractivity contribution < 1.29 is 13.9 Å². The molecule has 0 aliphatic carbocycles. The van der Waals surface area contributed by atoms with Gasteiger partial charge in [-0.05, 0) is 24.6 Å². The molecule has 1 aliphatic rings. The Labute approximate surface area is 106 Å². The van der Waals surface area contributed by atoms with Gasteiger partial charge in [-0.3, -0.25) is 4.79 Å². The van der Waals surface area contributed by atoms with Gasteiger partial charge in [0.2, 0.25) is 5.91 Å². The number of benzene rings is 1. The Hall–Kier alpha value is -1.62. The van der Waals surface area contributed by atoms with Crippen molar-refractivity contribution >= 4 is 5.91 Å². The molecule has 0 bridgehead atoms. The first-order chi connectivity index (χ1) is 8.58. The van der Waals surface area contributed by atoms with Gasteiger partial charge in [0.25, 0.3) is 0 Å². The third-order valence-electron chi connectivity index (χ3n) is 3.33. The molecule has 2 unspecified atom stereocenters. The molecule has 18 heavy (non-hydrogen) atoms. The van der Waals surface area contributed by atoms with Crippen molar-refractivity contribution in [2.24, 2.45) is 5.73 Å².